The second kappa shape index (κ2) is 5.84. The van der Waals surface area contributed by atoms with Gasteiger partial charge in [-0.3, -0.25) is 0 Å². The summed E-state index contributed by atoms with van der Waals surface area (Å²) in [5.74, 6) is -0.207. The maximum absolute atomic E-state index is 11.3. The molecule has 0 unspecified atom stereocenters. The van der Waals surface area contributed by atoms with E-state index in [2.05, 4.69) is 10.3 Å². The van der Waals surface area contributed by atoms with Crippen LogP contribution in [0.1, 0.15) is 23.5 Å². The molecule has 0 bridgehead atoms. The Bertz CT molecular complexity index is 722. The van der Waals surface area contributed by atoms with E-state index < -0.39 is 10.0 Å². The summed E-state index contributed by atoms with van der Waals surface area (Å²) in [7, 11) is -3.55. The van der Waals surface area contributed by atoms with E-state index in [-0.39, 0.29) is 5.75 Å². The van der Waals surface area contributed by atoms with E-state index in [1.54, 1.807) is 0 Å². The standard InChI is InChI=1S/C14H17N3O2S2/c15-21(18,19)9-13-17-12(8-16-11-6-7-11)14(20-13)10-4-2-1-3-5-10/h1-5,11,16H,6-9H2,(H2,15,18,19). The van der Waals surface area contributed by atoms with Gasteiger partial charge in [0.1, 0.15) is 10.8 Å². The van der Waals surface area contributed by atoms with Crippen molar-refractivity contribution in [2.45, 2.75) is 31.2 Å². The minimum absolute atomic E-state index is 0.207. The maximum Gasteiger partial charge on any atom is 0.215 e. The lowest BCUT2D eigenvalue weighted by Crippen LogP contribution is -2.17. The summed E-state index contributed by atoms with van der Waals surface area (Å²) in [4.78, 5) is 5.48. The van der Waals surface area contributed by atoms with Crippen molar-refractivity contribution < 1.29 is 8.42 Å². The maximum atomic E-state index is 11.3. The van der Waals surface area contributed by atoms with Crippen LogP contribution in [0.25, 0.3) is 10.4 Å². The van der Waals surface area contributed by atoms with Gasteiger partial charge in [0.25, 0.3) is 0 Å². The van der Waals surface area contributed by atoms with E-state index >= 15 is 0 Å². The molecule has 1 aromatic heterocycles. The molecule has 1 saturated carbocycles. The van der Waals surface area contributed by atoms with Gasteiger partial charge >= 0.3 is 0 Å². The fourth-order valence-electron chi connectivity index (χ4n) is 2.10. The molecular formula is C14H17N3O2S2. The molecule has 0 radical (unpaired) electrons. The molecule has 0 saturated heterocycles. The van der Waals surface area contributed by atoms with Gasteiger partial charge in [0.2, 0.25) is 10.0 Å². The molecule has 5 nitrogen and oxygen atoms in total. The Kier molecular flexibility index (Phi) is 4.08. The number of nitrogens with zero attached hydrogens (tertiary/aromatic N) is 1. The van der Waals surface area contributed by atoms with Crippen LogP contribution in [0.5, 0.6) is 0 Å². The molecule has 0 amide bonds. The summed E-state index contributed by atoms with van der Waals surface area (Å²) >= 11 is 1.40. The Morgan fingerprint density at radius 3 is 2.62 bits per heavy atom. The molecule has 1 aliphatic carbocycles. The highest BCUT2D eigenvalue weighted by Crippen LogP contribution is 2.31. The van der Waals surface area contributed by atoms with E-state index in [4.69, 9.17) is 5.14 Å². The Morgan fingerprint density at radius 2 is 2.00 bits per heavy atom. The van der Waals surface area contributed by atoms with Crippen LogP contribution in [0.3, 0.4) is 0 Å². The molecule has 0 spiro atoms. The zero-order valence-corrected chi connectivity index (χ0v) is 13.1. The molecule has 3 rings (SSSR count). The van der Waals surface area contributed by atoms with Crippen molar-refractivity contribution in [3.63, 3.8) is 0 Å². The predicted octanol–water partition coefficient (Wildman–Crippen LogP) is 1.85. The van der Waals surface area contributed by atoms with Gasteiger partial charge in [-0.1, -0.05) is 30.3 Å². The van der Waals surface area contributed by atoms with Gasteiger partial charge in [-0.15, -0.1) is 11.3 Å². The first-order chi connectivity index (χ1) is 10.0. The first-order valence-corrected chi connectivity index (χ1v) is 9.32. The smallest absolute Gasteiger partial charge is 0.215 e. The minimum atomic E-state index is -3.55. The van der Waals surface area contributed by atoms with E-state index in [9.17, 15) is 8.42 Å². The Balaban J connectivity index is 1.90. The highest BCUT2D eigenvalue weighted by atomic mass is 32.2. The lowest BCUT2D eigenvalue weighted by Gasteiger charge is -2.03. The lowest BCUT2D eigenvalue weighted by molar-refractivity contribution is 0.596. The van der Waals surface area contributed by atoms with Crippen LogP contribution in [0.15, 0.2) is 30.3 Å². The second-order valence-electron chi connectivity index (χ2n) is 5.21. The number of nitrogens with two attached hydrogens (primary N) is 1. The number of primary sulfonamides is 1. The number of rotatable bonds is 6. The monoisotopic (exact) mass is 323 g/mol. The van der Waals surface area contributed by atoms with Crippen LogP contribution in [0.4, 0.5) is 0 Å². The quantitative estimate of drug-likeness (QED) is 0.849. The number of hydrogen-bond acceptors (Lipinski definition) is 5. The highest BCUT2D eigenvalue weighted by Gasteiger charge is 2.22. The first kappa shape index (κ1) is 14.6. The average molecular weight is 323 g/mol. The predicted molar refractivity (Wildman–Crippen MR) is 84.2 cm³/mol. The number of thiazole rings is 1. The molecule has 1 fully saturated rings. The van der Waals surface area contributed by atoms with Gasteiger partial charge < -0.3 is 5.32 Å². The van der Waals surface area contributed by atoms with Crippen LogP contribution >= 0.6 is 11.3 Å². The Morgan fingerprint density at radius 1 is 1.29 bits per heavy atom. The van der Waals surface area contributed by atoms with Crippen LogP contribution in [0, 0.1) is 0 Å². The molecule has 1 heterocycles. The molecule has 21 heavy (non-hydrogen) atoms. The van der Waals surface area contributed by atoms with Crippen molar-refractivity contribution in [2.24, 2.45) is 5.14 Å². The summed E-state index contributed by atoms with van der Waals surface area (Å²) in [5, 5.41) is 9.09. The summed E-state index contributed by atoms with van der Waals surface area (Å²) in [6, 6.07) is 10.5. The lowest BCUT2D eigenvalue weighted by atomic mass is 10.1. The zero-order chi connectivity index (χ0) is 14.9. The average Bonchev–Trinajstić information content (AvgIpc) is 3.17. The topological polar surface area (TPSA) is 85.1 Å². The SMILES string of the molecule is NS(=O)(=O)Cc1nc(CNC2CC2)c(-c2ccccc2)s1. The van der Waals surface area contributed by atoms with E-state index in [1.807, 2.05) is 30.3 Å². The van der Waals surface area contributed by atoms with E-state index in [0.29, 0.717) is 17.6 Å². The first-order valence-electron chi connectivity index (χ1n) is 6.79. The van der Waals surface area contributed by atoms with Crippen LogP contribution < -0.4 is 10.5 Å². The number of nitrogens with one attached hydrogen (secondary N) is 1. The Hall–Kier alpha value is -1.28. The van der Waals surface area contributed by atoms with Crippen molar-refractivity contribution in [1.29, 1.82) is 0 Å². The molecule has 7 heteroatoms. The number of aromatic nitrogens is 1. The van der Waals surface area contributed by atoms with Crippen LogP contribution in [0.2, 0.25) is 0 Å². The highest BCUT2D eigenvalue weighted by molar-refractivity contribution is 7.88. The molecule has 112 valence electrons. The van der Waals surface area contributed by atoms with Crippen molar-refractivity contribution in [2.75, 3.05) is 0 Å². The summed E-state index contributed by atoms with van der Waals surface area (Å²) in [5.41, 5.74) is 1.96. The third-order valence-electron chi connectivity index (χ3n) is 3.24. The number of hydrogen-bond donors (Lipinski definition) is 2. The van der Waals surface area contributed by atoms with Gasteiger partial charge in [-0.25, -0.2) is 18.5 Å². The fourth-order valence-corrected chi connectivity index (χ4v) is 4.12. The van der Waals surface area contributed by atoms with Gasteiger partial charge in [-0.2, -0.15) is 0 Å². The van der Waals surface area contributed by atoms with E-state index in [0.717, 1.165) is 16.1 Å². The minimum Gasteiger partial charge on any atom is -0.308 e. The summed E-state index contributed by atoms with van der Waals surface area (Å²) in [6.07, 6.45) is 2.41. The second-order valence-corrected chi connectivity index (χ2v) is 7.91. The van der Waals surface area contributed by atoms with Crippen molar-refractivity contribution >= 4 is 21.4 Å². The van der Waals surface area contributed by atoms with Crippen molar-refractivity contribution in [3.8, 4) is 10.4 Å². The normalized spacial score (nSPS) is 15.3. The number of benzene rings is 1. The fraction of sp³-hybridized carbons (Fsp3) is 0.357. The zero-order valence-electron chi connectivity index (χ0n) is 11.5. The summed E-state index contributed by atoms with van der Waals surface area (Å²) in [6.45, 7) is 0.663. The summed E-state index contributed by atoms with van der Waals surface area (Å²) < 4.78 is 22.5. The molecule has 0 atom stereocenters. The van der Waals surface area contributed by atoms with Crippen molar-refractivity contribution in [1.82, 2.24) is 10.3 Å². The van der Waals surface area contributed by atoms with Crippen LogP contribution in [-0.2, 0) is 22.3 Å². The van der Waals surface area contributed by atoms with Crippen molar-refractivity contribution in [3.05, 3.63) is 41.0 Å². The third kappa shape index (κ3) is 4.10. The van der Waals surface area contributed by atoms with Gasteiger partial charge in [0.05, 0.1) is 10.6 Å². The molecule has 1 aromatic carbocycles. The van der Waals surface area contributed by atoms with Gasteiger partial charge in [0, 0.05) is 12.6 Å². The largest absolute Gasteiger partial charge is 0.308 e. The Labute approximate surface area is 128 Å². The molecule has 3 N–H and O–H groups in total. The van der Waals surface area contributed by atoms with Crippen LogP contribution in [-0.4, -0.2) is 19.4 Å². The third-order valence-corrected chi connectivity index (χ3v) is 5.24. The van der Waals surface area contributed by atoms with Gasteiger partial charge in [-0.05, 0) is 18.4 Å². The van der Waals surface area contributed by atoms with E-state index in [1.165, 1.54) is 24.2 Å². The molecular weight excluding hydrogens is 306 g/mol. The number of sulfonamides is 1. The molecule has 1 aliphatic rings. The van der Waals surface area contributed by atoms with Gasteiger partial charge in [0.15, 0.2) is 0 Å². The molecule has 0 aliphatic heterocycles. The molecule has 2 aromatic rings.